The monoisotopic (exact) mass is 497 g/mol. The first-order valence-corrected chi connectivity index (χ1v) is 9.55. The number of aliphatic hydroxyl groups is 1. The summed E-state index contributed by atoms with van der Waals surface area (Å²) in [4.78, 5) is 22.6. The number of alkyl halides is 3. The van der Waals surface area contributed by atoms with Gasteiger partial charge in [-0.25, -0.2) is 0 Å². The smallest absolute Gasteiger partial charge is 0.542 e. The molecule has 2 atom stereocenters. The molecule has 0 aromatic heterocycles. The summed E-state index contributed by atoms with van der Waals surface area (Å²) in [6.07, 6.45) is -5.00. The van der Waals surface area contributed by atoms with E-state index in [1.165, 1.54) is 18.2 Å². The standard InChI is InChI=1S/C21H18F3NO7.2Na/c22-21(23,24)12-3-1-2-11(6-12)15(26)9-25-13-7-10-4-5-16-17(14(10)8-13)32-20(31-16,18(27)28)19(29)30;;/h1-6,13,15,25-26H,7-9H2,(H,27,28)(H,29,30);;/q;2*+1/p-2/t13-,15-;;/m1../s1. The van der Waals surface area contributed by atoms with Gasteiger partial charge in [0.15, 0.2) is 11.5 Å². The minimum Gasteiger partial charge on any atom is -0.542 e. The molecule has 0 fully saturated rings. The number of aliphatic hydroxyl groups excluding tert-OH is 1. The van der Waals surface area contributed by atoms with Crippen LogP contribution in [0.5, 0.6) is 11.5 Å². The molecule has 0 bridgehead atoms. The Morgan fingerprint density at radius 2 is 1.79 bits per heavy atom. The number of halogens is 3. The summed E-state index contributed by atoms with van der Waals surface area (Å²) in [5.74, 6) is -7.43. The zero-order valence-electron chi connectivity index (χ0n) is 18.3. The molecule has 0 radical (unpaired) electrons. The van der Waals surface area contributed by atoms with E-state index < -0.39 is 35.6 Å². The van der Waals surface area contributed by atoms with Crippen LogP contribution in [0.1, 0.15) is 28.4 Å². The Kier molecular flexibility index (Phi) is 9.15. The van der Waals surface area contributed by atoms with E-state index in [1.54, 1.807) is 6.07 Å². The Balaban J connectivity index is 0.00000204. The van der Waals surface area contributed by atoms with Crippen LogP contribution in [-0.4, -0.2) is 35.4 Å². The van der Waals surface area contributed by atoms with E-state index in [-0.39, 0.29) is 95.2 Å². The minimum absolute atomic E-state index is 0. The van der Waals surface area contributed by atoms with Gasteiger partial charge in [0.05, 0.1) is 11.7 Å². The molecule has 2 N–H and O–H groups in total. The molecular weight excluding hydrogens is 481 g/mol. The third-order valence-electron chi connectivity index (χ3n) is 5.47. The molecule has 0 saturated heterocycles. The zero-order chi connectivity index (χ0) is 23.3. The Morgan fingerprint density at radius 1 is 1.12 bits per heavy atom. The molecule has 0 saturated carbocycles. The molecule has 34 heavy (non-hydrogen) atoms. The van der Waals surface area contributed by atoms with Gasteiger partial charge < -0.3 is 39.7 Å². The van der Waals surface area contributed by atoms with Crippen LogP contribution in [0.4, 0.5) is 13.2 Å². The second-order valence-electron chi connectivity index (χ2n) is 7.58. The van der Waals surface area contributed by atoms with E-state index in [0.717, 1.165) is 17.7 Å². The molecule has 0 amide bonds. The first-order valence-electron chi connectivity index (χ1n) is 9.55. The van der Waals surface area contributed by atoms with Crippen molar-refractivity contribution in [1.29, 1.82) is 0 Å². The van der Waals surface area contributed by atoms with E-state index in [0.29, 0.717) is 12.0 Å². The maximum Gasteiger partial charge on any atom is 1.00 e. The fourth-order valence-electron chi connectivity index (χ4n) is 3.87. The number of nitrogens with one attached hydrogen (secondary N) is 1. The minimum atomic E-state index is -4.52. The fourth-order valence-corrected chi connectivity index (χ4v) is 3.87. The van der Waals surface area contributed by atoms with Gasteiger partial charge in [0.1, 0.15) is 11.9 Å². The summed E-state index contributed by atoms with van der Waals surface area (Å²) in [5, 5.41) is 36.0. The van der Waals surface area contributed by atoms with E-state index in [1.807, 2.05) is 0 Å². The van der Waals surface area contributed by atoms with Crippen molar-refractivity contribution >= 4 is 11.9 Å². The number of hydrogen-bond acceptors (Lipinski definition) is 8. The predicted octanol–water partition coefficient (Wildman–Crippen LogP) is -6.53. The largest absolute Gasteiger partial charge is 1.00 e. The number of benzene rings is 2. The van der Waals surface area contributed by atoms with Crippen molar-refractivity contribution in [1.82, 2.24) is 5.32 Å². The van der Waals surface area contributed by atoms with Gasteiger partial charge in [0.2, 0.25) is 0 Å². The van der Waals surface area contributed by atoms with Gasteiger partial charge in [0, 0.05) is 18.2 Å². The van der Waals surface area contributed by atoms with Gasteiger partial charge in [-0.15, -0.1) is 0 Å². The average molecular weight is 497 g/mol. The van der Waals surface area contributed by atoms with Crippen LogP contribution in [0.3, 0.4) is 0 Å². The summed E-state index contributed by atoms with van der Waals surface area (Å²) in [6, 6.07) is 7.15. The van der Waals surface area contributed by atoms with Crippen molar-refractivity contribution in [2.45, 2.75) is 37.0 Å². The zero-order valence-corrected chi connectivity index (χ0v) is 22.3. The molecule has 2 aromatic carbocycles. The predicted molar refractivity (Wildman–Crippen MR) is 96.0 cm³/mol. The van der Waals surface area contributed by atoms with Crippen molar-refractivity contribution in [3.05, 3.63) is 58.7 Å². The Labute approximate surface area is 236 Å². The summed E-state index contributed by atoms with van der Waals surface area (Å²) < 4.78 is 48.7. The van der Waals surface area contributed by atoms with Crippen LogP contribution in [-0.2, 0) is 28.6 Å². The second kappa shape index (κ2) is 10.8. The van der Waals surface area contributed by atoms with Crippen LogP contribution < -0.4 is 84.1 Å². The quantitative estimate of drug-likeness (QED) is 0.298. The third-order valence-corrected chi connectivity index (χ3v) is 5.47. The first kappa shape index (κ1) is 28.9. The Morgan fingerprint density at radius 3 is 2.41 bits per heavy atom. The summed E-state index contributed by atoms with van der Waals surface area (Å²) in [6.45, 7) is -0.0401. The van der Waals surface area contributed by atoms with Crippen molar-refractivity contribution in [2.24, 2.45) is 0 Å². The SMILES string of the molecule is O=C([O-])C1(C(=O)[O-])Oc2ccc3c(c2O1)C[C@H](NC[C@@H](O)c1cccc(C(F)(F)F)c1)C3.[Na+].[Na+]. The van der Waals surface area contributed by atoms with Crippen molar-refractivity contribution in [2.75, 3.05) is 6.54 Å². The van der Waals surface area contributed by atoms with E-state index in [2.05, 4.69) is 5.32 Å². The third kappa shape index (κ3) is 5.41. The van der Waals surface area contributed by atoms with E-state index in [9.17, 15) is 38.1 Å². The molecule has 170 valence electrons. The summed E-state index contributed by atoms with van der Waals surface area (Å²) in [5.41, 5.74) is 0.511. The molecule has 0 spiro atoms. The van der Waals surface area contributed by atoms with Gasteiger partial charge in [-0.2, -0.15) is 13.2 Å². The van der Waals surface area contributed by atoms with Gasteiger partial charge in [-0.3, -0.25) is 0 Å². The number of carbonyl (C=O) groups is 2. The maximum absolute atomic E-state index is 12.9. The van der Waals surface area contributed by atoms with Gasteiger partial charge in [-0.05, 0) is 42.2 Å². The fraction of sp³-hybridized carbons (Fsp3) is 0.333. The Bertz CT molecular complexity index is 1080. The molecule has 8 nitrogen and oxygen atoms in total. The van der Waals surface area contributed by atoms with Crippen LogP contribution in [0, 0.1) is 0 Å². The maximum atomic E-state index is 12.9. The number of fused-ring (bicyclic) bond motifs is 3. The van der Waals surface area contributed by atoms with Crippen LogP contribution in [0.25, 0.3) is 0 Å². The number of carboxylic acids is 2. The van der Waals surface area contributed by atoms with Crippen LogP contribution in [0.15, 0.2) is 36.4 Å². The van der Waals surface area contributed by atoms with Gasteiger partial charge in [-0.1, -0.05) is 18.2 Å². The first-order chi connectivity index (χ1) is 15.0. The molecule has 0 unspecified atom stereocenters. The van der Waals surface area contributed by atoms with Crippen molar-refractivity contribution < 1.29 is 107 Å². The molecule has 13 heteroatoms. The molecular formula is C21H16F3NNa2O7. The normalized spacial score (nSPS) is 18.3. The molecule has 1 heterocycles. The van der Waals surface area contributed by atoms with Crippen molar-refractivity contribution in [3.63, 3.8) is 0 Å². The van der Waals surface area contributed by atoms with E-state index >= 15 is 0 Å². The molecule has 1 aliphatic heterocycles. The molecule has 2 aliphatic rings. The summed E-state index contributed by atoms with van der Waals surface area (Å²) in [7, 11) is 0. The Hall–Kier alpha value is -1.31. The number of carbonyl (C=O) groups excluding carboxylic acids is 2. The second-order valence-corrected chi connectivity index (χ2v) is 7.58. The van der Waals surface area contributed by atoms with Gasteiger partial charge in [0.25, 0.3) is 0 Å². The number of rotatable bonds is 6. The topological polar surface area (TPSA) is 131 Å². The number of ether oxygens (including phenoxy) is 2. The van der Waals surface area contributed by atoms with Crippen LogP contribution in [0.2, 0.25) is 0 Å². The summed E-state index contributed by atoms with van der Waals surface area (Å²) >= 11 is 0. The van der Waals surface area contributed by atoms with Gasteiger partial charge >= 0.3 is 71.1 Å². The van der Waals surface area contributed by atoms with E-state index in [4.69, 9.17) is 9.47 Å². The van der Waals surface area contributed by atoms with Crippen LogP contribution >= 0.6 is 0 Å². The number of aliphatic carboxylic acids is 2. The number of hydrogen-bond donors (Lipinski definition) is 2. The van der Waals surface area contributed by atoms with Crippen molar-refractivity contribution in [3.8, 4) is 11.5 Å². The molecule has 1 aliphatic carbocycles. The molecule has 2 aromatic rings. The average Bonchev–Trinajstić information content (AvgIpc) is 3.33. The number of carboxylic acid groups (broad SMARTS) is 2. The molecule has 4 rings (SSSR count).